The molecule has 0 aromatic heterocycles. The molecule has 0 radical (unpaired) electrons. The van der Waals surface area contributed by atoms with Crippen LogP contribution in [0, 0.1) is 23.2 Å². The van der Waals surface area contributed by atoms with Gasteiger partial charge in [-0.15, -0.1) is 0 Å². The van der Waals surface area contributed by atoms with Gasteiger partial charge in [-0.2, -0.15) is 0 Å². The van der Waals surface area contributed by atoms with E-state index in [-0.39, 0.29) is 23.1 Å². The van der Waals surface area contributed by atoms with Gasteiger partial charge in [0.25, 0.3) is 11.8 Å². The minimum Gasteiger partial charge on any atom is -0.352 e. The van der Waals surface area contributed by atoms with Crippen LogP contribution in [0.5, 0.6) is 0 Å². The number of nitrogens with one attached hydrogen (secondary N) is 3. The Labute approximate surface area is 200 Å². The van der Waals surface area contributed by atoms with Crippen molar-refractivity contribution in [2.24, 2.45) is 23.2 Å². The minimum absolute atomic E-state index is 0.149. The highest BCUT2D eigenvalue weighted by atomic mass is 16.2. The van der Waals surface area contributed by atoms with Crippen molar-refractivity contribution in [3.05, 3.63) is 70.8 Å². The monoisotopic (exact) mass is 459 g/mol. The predicted octanol–water partition coefficient (Wildman–Crippen LogP) is 4.16. The number of rotatable bonds is 6. The first kappa shape index (κ1) is 22.6. The van der Waals surface area contributed by atoms with Crippen LogP contribution in [-0.2, 0) is 17.8 Å². The highest BCUT2D eigenvalue weighted by molar-refractivity contribution is 5.99. The van der Waals surface area contributed by atoms with Gasteiger partial charge in [-0.05, 0) is 98.1 Å². The number of amides is 3. The van der Waals surface area contributed by atoms with Crippen LogP contribution < -0.4 is 16.2 Å². The summed E-state index contributed by atoms with van der Waals surface area (Å²) in [5, 5.41) is 3.17. The Kier molecular flexibility index (Phi) is 6.15. The number of carbonyl (C=O) groups is 3. The van der Waals surface area contributed by atoms with Crippen LogP contribution in [0.4, 0.5) is 0 Å². The normalized spacial score (nSPS) is 26.7. The lowest BCUT2D eigenvalue weighted by Crippen LogP contribution is -2.53. The molecule has 0 spiro atoms. The molecule has 4 saturated carbocycles. The zero-order valence-corrected chi connectivity index (χ0v) is 19.7. The van der Waals surface area contributed by atoms with Crippen molar-refractivity contribution in [3.63, 3.8) is 0 Å². The van der Waals surface area contributed by atoms with E-state index in [0.717, 1.165) is 54.6 Å². The molecule has 178 valence electrons. The summed E-state index contributed by atoms with van der Waals surface area (Å²) >= 11 is 0. The maximum Gasteiger partial charge on any atom is 0.269 e. The molecule has 2 aromatic carbocycles. The zero-order chi connectivity index (χ0) is 23.7. The number of carbonyl (C=O) groups excluding carboxylic acids is 3. The quantitative estimate of drug-likeness (QED) is 0.567. The van der Waals surface area contributed by atoms with Gasteiger partial charge in [0.2, 0.25) is 5.91 Å². The largest absolute Gasteiger partial charge is 0.352 e. The van der Waals surface area contributed by atoms with E-state index in [1.165, 1.54) is 19.3 Å². The van der Waals surface area contributed by atoms with E-state index in [0.29, 0.717) is 17.7 Å². The maximum absolute atomic E-state index is 13.1. The van der Waals surface area contributed by atoms with Crippen LogP contribution in [0.15, 0.2) is 48.5 Å². The van der Waals surface area contributed by atoms with Crippen LogP contribution in [0.2, 0.25) is 0 Å². The van der Waals surface area contributed by atoms with E-state index in [1.807, 2.05) is 24.3 Å². The summed E-state index contributed by atoms with van der Waals surface area (Å²) in [6.07, 6.45) is 8.03. The SMILES string of the molecule is CCc1ccc(C(=O)NNC(=O)c2ccc(CNC(=O)C34CC5CC(CC(C5)C3)C4)cc2)cc1. The van der Waals surface area contributed by atoms with Crippen molar-refractivity contribution in [2.45, 2.75) is 58.4 Å². The Morgan fingerprint density at radius 1 is 0.735 bits per heavy atom. The summed E-state index contributed by atoms with van der Waals surface area (Å²) in [7, 11) is 0. The van der Waals surface area contributed by atoms with Crippen LogP contribution in [-0.4, -0.2) is 17.7 Å². The average molecular weight is 460 g/mol. The number of hydrogen-bond donors (Lipinski definition) is 3. The summed E-state index contributed by atoms with van der Waals surface area (Å²) < 4.78 is 0. The first-order valence-electron chi connectivity index (χ1n) is 12.5. The van der Waals surface area contributed by atoms with Gasteiger partial charge in [0.05, 0.1) is 0 Å². The molecule has 0 saturated heterocycles. The maximum atomic E-state index is 13.1. The van der Waals surface area contributed by atoms with Crippen molar-refractivity contribution in [2.75, 3.05) is 0 Å². The predicted molar refractivity (Wildman–Crippen MR) is 130 cm³/mol. The molecule has 3 N–H and O–H groups in total. The molecule has 4 fully saturated rings. The molecular weight excluding hydrogens is 426 g/mol. The van der Waals surface area contributed by atoms with Gasteiger partial charge in [0.1, 0.15) is 0 Å². The first-order chi connectivity index (χ1) is 16.4. The van der Waals surface area contributed by atoms with Crippen molar-refractivity contribution >= 4 is 17.7 Å². The lowest BCUT2D eigenvalue weighted by Gasteiger charge is -2.55. The first-order valence-corrected chi connectivity index (χ1v) is 12.5. The molecule has 3 amide bonds. The average Bonchev–Trinajstić information content (AvgIpc) is 2.85. The van der Waals surface area contributed by atoms with E-state index in [4.69, 9.17) is 0 Å². The molecule has 0 atom stereocenters. The molecule has 4 bridgehead atoms. The molecule has 6 rings (SSSR count). The van der Waals surface area contributed by atoms with Crippen molar-refractivity contribution < 1.29 is 14.4 Å². The summed E-state index contributed by atoms with van der Waals surface area (Å²) in [4.78, 5) is 37.8. The second kappa shape index (κ2) is 9.24. The van der Waals surface area contributed by atoms with Gasteiger partial charge in [-0.3, -0.25) is 25.2 Å². The number of aryl methyl sites for hydroxylation is 1. The van der Waals surface area contributed by atoms with Crippen LogP contribution in [0.25, 0.3) is 0 Å². The molecule has 6 nitrogen and oxygen atoms in total. The van der Waals surface area contributed by atoms with E-state index < -0.39 is 0 Å². The standard InChI is InChI=1S/C28H33N3O3/c1-2-18-3-7-23(8-4-18)25(32)30-31-26(33)24-9-5-19(6-10-24)17-29-27(34)28-14-20-11-21(15-28)13-22(12-20)16-28/h3-10,20-22H,2,11-17H2,1H3,(H,29,34)(H,30,32)(H,31,33). The molecule has 6 heteroatoms. The van der Waals surface area contributed by atoms with Crippen molar-refractivity contribution in [1.29, 1.82) is 0 Å². The van der Waals surface area contributed by atoms with Gasteiger partial charge < -0.3 is 5.32 Å². The Morgan fingerprint density at radius 2 is 1.18 bits per heavy atom. The number of hydrazine groups is 1. The zero-order valence-electron chi connectivity index (χ0n) is 19.7. The summed E-state index contributed by atoms with van der Waals surface area (Å²) in [5.41, 5.74) is 7.80. The van der Waals surface area contributed by atoms with Gasteiger partial charge in [0.15, 0.2) is 0 Å². The summed E-state index contributed by atoms with van der Waals surface area (Å²) in [6.45, 7) is 2.52. The van der Waals surface area contributed by atoms with E-state index in [9.17, 15) is 14.4 Å². The summed E-state index contributed by atoms with van der Waals surface area (Å²) in [5.74, 6) is 1.69. The van der Waals surface area contributed by atoms with Gasteiger partial charge in [-0.25, -0.2) is 0 Å². The third-order valence-corrected chi connectivity index (χ3v) is 8.10. The lowest BCUT2D eigenvalue weighted by atomic mass is 9.49. The molecular formula is C28H33N3O3. The topological polar surface area (TPSA) is 87.3 Å². The van der Waals surface area contributed by atoms with Crippen molar-refractivity contribution in [1.82, 2.24) is 16.2 Å². The second-order valence-electron chi connectivity index (χ2n) is 10.5. The second-order valence-corrected chi connectivity index (χ2v) is 10.5. The summed E-state index contributed by atoms with van der Waals surface area (Å²) in [6, 6.07) is 14.4. The Bertz CT molecular complexity index is 1040. The number of hydrogen-bond acceptors (Lipinski definition) is 3. The van der Waals surface area contributed by atoms with E-state index in [2.05, 4.69) is 23.1 Å². The smallest absolute Gasteiger partial charge is 0.269 e. The molecule has 0 aliphatic heterocycles. The molecule has 34 heavy (non-hydrogen) atoms. The minimum atomic E-state index is -0.386. The van der Waals surface area contributed by atoms with Gasteiger partial charge in [0, 0.05) is 23.1 Å². The Hall–Kier alpha value is -3.15. The fraction of sp³-hybridized carbons (Fsp3) is 0.464. The lowest BCUT2D eigenvalue weighted by molar-refractivity contribution is -0.146. The molecule has 4 aliphatic carbocycles. The van der Waals surface area contributed by atoms with Gasteiger partial charge >= 0.3 is 0 Å². The Balaban J connectivity index is 1.11. The highest BCUT2D eigenvalue weighted by Gasteiger charge is 2.54. The van der Waals surface area contributed by atoms with Crippen LogP contribution in [0.3, 0.4) is 0 Å². The third kappa shape index (κ3) is 4.59. The number of benzene rings is 2. The molecule has 4 aliphatic rings. The molecule has 0 unspecified atom stereocenters. The Morgan fingerprint density at radius 3 is 1.62 bits per heavy atom. The van der Waals surface area contributed by atoms with E-state index >= 15 is 0 Å². The van der Waals surface area contributed by atoms with Crippen LogP contribution in [0.1, 0.15) is 77.3 Å². The van der Waals surface area contributed by atoms with Gasteiger partial charge in [-0.1, -0.05) is 31.2 Å². The fourth-order valence-electron chi connectivity index (χ4n) is 6.68. The molecule has 2 aromatic rings. The van der Waals surface area contributed by atoms with Crippen LogP contribution >= 0.6 is 0 Å². The fourth-order valence-corrected chi connectivity index (χ4v) is 6.68. The highest BCUT2D eigenvalue weighted by Crippen LogP contribution is 2.60. The third-order valence-electron chi connectivity index (χ3n) is 8.10. The van der Waals surface area contributed by atoms with Crippen molar-refractivity contribution in [3.8, 4) is 0 Å². The molecule has 0 heterocycles. The van der Waals surface area contributed by atoms with E-state index in [1.54, 1.807) is 24.3 Å².